The Hall–Kier alpha value is -6.46. The quantitative estimate of drug-likeness (QED) is 0.0316. The Morgan fingerprint density at radius 3 is 2.38 bits per heavy atom. The van der Waals surface area contributed by atoms with Crippen LogP contribution in [0.1, 0.15) is 146 Å². The van der Waals surface area contributed by atoms with Gasteiger partial charge < -0.3 is 59.7 Å². The van der Waals surface area contributed by atoms with Crippen molar-refractivity contribution < 1.29 is 81.1 Å². The number of Topliss-reactive ketones (excluding diaryl/α,β-unsaturated/α-hetero) is 2. The number of epoxide rings is 1. The molecular weight excluding hydrogens is 1180 g/mol. The summed E-state index contributed by atoms with van der Waals surface area (Å²) in [6, 6.07) is 1.99. The van der Waals surface area contributed by atoms with E-state index in [1.807, 2.05) is 13.0 Å². The third kappa shape index (κ3) is 18.1. The number of rotatable bonds is 25. The van der Waals surface area contributed by atoms with Crippen LogP contribution in [0.4, 0.5) is 14.9 Å². The maximum atomic E-state index is 16.3. The average molecular weight is 1270 g/mol. The van der Waals surface area contributed by atoms with E-state index in [0.717, 1.165) is 47.4 Å². The van der Waals surface area contributed by atoms with E-state index >= 15 is 4.39 Å². The Labute approximate surface area is 524 Å². The number of benzene rings is 2. The van der Waals surface area contributed by atoms with Gasteiger partial charge in [0.15, 0.2) is 5.78 Å². The molecule has 24 heteroatoms. The van der Waals surface area contributed by atoms with Gasteiger partial charge >= 0.3 is 23.9 Å². The number of esters is 3. The lowest BCUT2D eigenvalue weighted by Crippen LogP contribution is -2.53. The van der Waals surface area contributed by atoms with Gasteiger partial charge in [-0.3, -0.25) is 33.6 Å². The number of urea groups is 1. The number of fused-ring (bicyclic) bond motifs is 5. The highest BCUT2D eigenvalue weighted by molar-refractivity contribution is 6.35. The zero-order valence-electron chi connectivity index (χ0n) is 52.0. The number of hydrogen-bond donors (Lipinski definition) is 4. The summed E-state index contributed by atoms with van der Waals surface area (Å²) < 4.78 is 51.3. The number of methoxy groups -OCH3 is 2. The number of likely N-dealkylation sites (N-methyl/N-ethyl adjacent to an activating group) is 1. The summed E-state index contributed by atoms with van der Waals surface area (Å²) in [6.45, 7) is 10.5. The van der Waals surface area contributed by atoms with Crippen molar-refractivity contribution in [3.8, 4) is 5.75 Å². The topological polar surface area (TPSA) is 289 Å². The van der Waals surface area contributed by atoms with Gasteiger partial charge in [0.1, 0.15) is 57.9 Å². The third-order valence-corrected chi connectivity index (χ3v) is 18.2. The number of aliphatic hydroxyl groups is 1. The van der Waals surface area contributed by atoms with Crippen LogP contribution in [-0.2, 0) is 70.1 Å². The molecule has 2 aromatic rings. The van der Waals surface area contributed by atoms with Crippen molar-refractivity contribution in [3.63, 3.8) is 0 Å². The van der Waals surface area contributed by atoms with Crippen LogP contribution < -0.4 is 26.0 Å². The van der Waals surface area contributed by atoms with Crippen LogP contribution in [0.2, 0.25) is 10.0 Å². The molecule has 2 saturated heterocycles. The van der Waals surface area contributed by atoms with Crippen LogP contribution in [0.5, 0.6) is 5.75 Å². The molecule has 3 fully saturated rings. The number of nitrogens with two attached hydrogens (primary N) is 1. The van der Waals surface area contributed by atoms with Gasteiger partial charge in [-0.05, 0) is 113 Å². The number of primary amides is 1. The molecule has 0 spiro atoms. The first kappa shape index (κ1) is 70.6. The van der Waals surface area contributed by atoms with Crippen molar-refractivity contribution in [3.05, 3.63) is 80.6 Å². The maximum absolute atomic E-state index is 16.3. The number of ether oxygens (including phenoxy) is 6. The standard InChI is InChI=1S/C64H86Cl2FN5O16/c1-35(2)43(30-42(73)20-12-11-13-24-85-61(80)40-18-15-19-40)58(77)70-47(21-16-23-69-62(68)81)49(74)29-41-28-45(65)44(31-46(41)67)59(78)71(7)38(5)60(79)87-53-32-54(75)72(8)48-26-39(27-50(83-9)56(48)66)25-36(3)17-14-22-52(84-10)64(82)33-51(86-55(76)34-64)37(4)57-63(53,6)88-57/h14,17,22,26-28,31,35,37-38,40,43,47,51-53,57,82H,11-13,15-16,18-21,23-25,29-30,32-34H2,1-10H3,(H,70,77)(H3,68,69,81)/b22-14+,36-17+/t37-,38+,43+,47+,51+,52-,53+,57+,63+,64-/m1/s1. The Balaban J connectivity index is 1.17. The number of allylic oxidation sites excluding steroid dienone is 3. The van der Waals surface area contributed by atoms with E-state index in [9.17, 15) is 48.3 Å². The first-order valence-electron chi connectivity index (χ1n) is 30.1. The minimum atomic E-state index is -1.69. The van der Waals surface area contributed by atoms with Crippen LogP contribution >= 0.6 is 23.2 Å². The first-order chi connectivity index (χ1) is 41.5. The Morgan fingerprint density at radius 1 is 1.01 bits per heavy atom. The summed E-state index contributed by atoms with van der Waals surface area (Å²) in [5, 5.41) is 17.1. The fourth-order valence-electron chi connectivity index (χ4n) is 11.4. The van der Waals surface area contributed by atoms with Gasteiger partial charge in [0.25, 0.3) is 5.91 Å². The van der Waals surface area contributed by atoms with E-state index in [1.165, 1.54) is 40.1 Å². The summed E-state index contributed by atoms with van der Waals surface area (Å²) in [5.41, 5.74) is 3.46. The first-order valence-corrected chi connectivity index (χ1v) is 30.9. The van der Waals surface area contributed by atoms with E-state index in [-0.39, 0.29) is 96.4 Å². The largest absolute Gasteiger partial charge is 0.495 e. The molecule has 4 aliphatic rings. The molecular formula is C64H86Cl2FN5O16. The monoisotopic (exact) mass is 1270 g/mol. The molecule has 5 N–H and O–H groups in total. The van der Waals surface area contributed by atoms with E-state index in [2.05, 4.69) is 10.6 Å². The lowest BCUT2D eigenvalue weighted by Gasteiger charge is -2.41. The van der Waals surface area contributed by atoms with E-state index < -0.39 is 120 Å². The fourth-order valence-corrected chi connectivity index (χ4v) is 12.0. The number of nitrogens with zero attached hydrogens (tertiary/aromatic N) is 2. The van der Waals surface area contributed by atoms with E-state index in [0.29, 0.717) is 37.1 Å². The number of ketones is 2. The SMILES string of the molecule is COc1cc2cc(c1Cl)N(C)C(=O)C[C@H](OC(=O)[C@H](C)N(C)C(=O)c1cc(F)c(CC(=O)[C@H](CCCNC(N)=O)NC(=O)[C@@H](CC(=O)CCCCCOC(=O)C3CCC3)C(C)C)cc1Cl)[C@]1(C)O[C@H]1[C@H](C)[C@@H]1C[C@@](O)(CC(=O)O1)[C@H](OC)/C=C/C=C(\C)C2. The number of carbonyl (C=O) groups excluding carboxylic acids is 9. The van der Waals surface area contributed by atoms with Crippen LogP contribution in [0.3, 0.4) is 0 Å². The van der Waals surface area contributed by atoms with Crippen LogP contribution in [0, 0.1) is 29.5 Å². The molecule has 88 heavy (non-hydrogen) atoms. The van der Waals surface area contributed by atoms with Gasteiger partial charge in [-0.15, -0.1) is 0 Å². The molecule has 0 unspecified atom stereocenters. The van der Waals surface area contributed by atoms with Crippen LogP contribution in [0.15, 0.2) is 48.1 Å². The van der Waals surface area contributed by atoms with Crippen molar-refractivity contribution in [2.75, 3.05) is 46.4 Å². The molecule has 1 aliphatic carbocycles. The molecule has 3 heterocycles. The van der Waals surface area contributed by atoms with Gasteiger partial charge in [0, 0.05) is 65.3 Å². The average Bonchev–Trinajstić information content (AvgIpc) is 3.77. The smallest absolute Gasteiger partial charge is 0.328 e. The van der Waals surface area contributed by atoms with Gasteiger partial charge in [-0.25, -0.2) is 14.0 Å². The highest BCUT2D eigenvalue weighted by Gasteiger charge is 2.64. The molecule has 21 nitrogen and oxygen atoms in total. The minimum absolute atomic E-state index is 0.000930. The van der Waals surface area contributed by atoms with Crippen molar-refractivity contribution >= 4 is 82.1 Å². The van der Waals surface area contributed by atoms with E-state index in [4.69, 9.17) is 57.4 Å². The highest BCUT2D eigenvalue weighted by atomic mass is 35.5. The summed E-state index contributed by atoms with van der Waals surface area (Å²) in [6.07, 6.45) is 4.92. The number of hydrogen-bond acceptors (Lipinski definition) is 16. The zero-order chi connectivity index (χ0) is 64.9. The van der Waals surface area contributed by atoms with Gasteiger partial charge in [0.05, 0.1) is 60.9 Å². The van der Waals surface area contributed by atoms with Crippen molar-refractivity contribution in [2.24, 2.45) is 29.4 Å². The molecule has 5 amide bonds. The summed E-state index contributed by atoms with van der Waals surface area (Å²) in [4.78, 5) is 123. The van der Waals surface area contributed by atoms with Crippen molar-refractivity contribution in [1.29, 1.82) is 0 Å². The number of halogens is 3. The Kier molecular flexibility index (Phi) is 25.1. The van der Waals surface area contributed by atoms with E-state index in [1.54, 1.807) is 52.0 Å². The normalized spacial score (nSPS) is 25.1. The van der Waals surface area contributed by atoms with Gasteiger partial charge in [-0.1, -0.05) is 74.2 Å². The highest BCUT2D eigenvalue weighted by Crippen LogP contribution is 2.50. The lowest BCUT2D eigenvalue weighted by atomic mass is 9.78. The van der Waals surface area contributed by atoms with Crippen LogP contribution in [0.25, 0.3) is 0 Å². The fraction of sp³-hybridized carbons (Fsp3) is 0.609. The number of unbranched alkanes of at least 4 members (excludes halogenated alkanes) is 2. The predicted molar refractivity (Wildman–Crippen MR) is 325 cm³/mol. The molecule has 2 aromatic carbocycles. The number of amides is 5. The Morgan fingerprint density at radius 2 is 1.73 bits per heavy atom. The second-order valence-electron chi connectivity index (χ2n) is 24.4. The van der Waals surface area contributed by atoms with Gasteiger partial charge in [0.2, 0.25) is 11.8 Å². The molecule has 0 aromatic heterocycles. The number of carbonyl (C=O) groups is 9. The van der Waals surface area contributed by atoms with Gasteiger partial charge in [-0.2, -0.15) is 0 Å². The zero-order valence-corrected chi connectivity index (χ0v) is 53.5. The Bertz CT molecular complexity index is 2990. The maximum Gasteiger partial charge on any atom is 0.328 e. The minimum Gasteiger partial charge on any atom is -0.495 e. The molecule has 10 atom stereocenters. The van der Waals surface area contributed by atoms with Crippen molar-refractivity contribution in [2.45, 2.75) is 186 Å². The number of nitrogens with one attached hydrogen (secondary N) is 2. The van der Waals surface area contributed by atoms with Crippen molar-refractivity contribution in [1.82, 2.24) is 15.5 Å². The molecule has 6 rings (SSSR count). The molecule has 0 radical (unpaired) electrons. The number of anilines is 1. The lowest BCUT2D eigenvalue weighted by molar-refractivity contribution is -0.187. The van der Waals surface area contributed by atoms with Crippen LogP contribution in [-0.4, -0.2) is 152 Å². The summed E-state index contributed by atoms with van der Waals surface area (Å²) in [7, 11) is 5.64. The summed E-state index contributed by atoms with van der Waals surface area (Å²) >= 11 is 13.5. The molecule has 1 saturated carbocycles. The predicted octanol–water partition coefficient (Wildman–Crippen LogP) is 8.05. The second kappa shape index (κ2) is 31.3. The second-order valence-corrected chi connectivity index (χ2v) is 25.2. The molecule has 484 valence electrons. The molecule has 4 bridgehead atoms. The third-order valence-electron chi connectivity index (χ3n) is 17.5. The summed E-state index contributed by atoms with van der Waals surface area (Å²) in [5.74, 6) is -7.18. The molecule has 3 aliphatic heterocycles.